The van der Waals surface area contributed by atoms with Crippen molar-refractivity contribution in [1.82, 2.24) is 0 Å². The third kappa shape index (κ3) is 4.11. The normalized spacial score (nSPS) is 12.4. The molecule has 0 radical (unpaired) electrons. The van der Waals surface area contributed by atoms with Gasteiger partial charge < -0.3 is 0 Å². The number of benzene rings is 9. The van der Waals surface area contributed by atoms with Gasteiger partial charge >= 0.3 is 0 Å². The lowest BCUT2D eigenvalue weighted by molar-refractivity contribution is 1.79. The molecule has 9 aromatic carbocycles. The zero-order valence-electron chi connectivity index (χ0n) is 28.6. The number of rotatable bonds is 2. The molecule has 0 saturated carbocycles. The van der Waals surface area contributed by atoms with Gasteiger partial charge in [-0.3, -0.25) is 0 Å². The number of fused-ring (bicyclic) bond motifs is 14. The van der Waals surface area contributed by atoms with Crippen LogP contribution < -0.4 is 0 Å². The van der Waals surface area contributed by atoms with Gasteiger partial charge in [0.25, 0.3) is 0 Å². The van der Waals surface area contributed by atoms with Crippen LogP contribution in [-0.2, 0) is 0 Å². The molecule has 0 aliphatic rings. The summed E-state index contributed by atoms with van der Waals surface area (Å²) >= 11 is 7.50. The van der Waals surface area contributed by atoms with Gasteiger partial charge in [0.1, 0.15) is 0 Å². The molecule has 0 N–H and O–H groups in total. The largest absolute Gasteiger partial charge is 0.143 e. The first kappa shape index (κ1) is 29.8. The Hall–Kier alpha value is -5.62. The van der Waals surface area contributed by atoms with Gasteiger partial charge in [0.15, 0.2) is 0 Å². The van der Waals surface area contributed by atoms with Crippen LogP contribution >= 0.6 is 45.3 Å². The van der Waals surface area contributed by atoms with Crippen LogP contribution in [0.25, 0.3) is 126 Å². The number of hydrogen-bond acceptors (Lipinski definition) is 4. The molecule has 0 aliphatic heterocycles. The Morgan fingerprint density at radius 3 is 1.11 bits per heavy atom. The van der Waals surface area contributed by atoms with Gasteiger partial charge in [-0.05, 0) is 138 Å². The second-order valence-corrected chi connectivity index (χ2v) is 18.4. The van der Waals surface area contributed by atoms with Crippen molar-refractivity contribution in [2.75, 3.05) is 0 Å². The second-order valence-electron chi connectivity index (χ2n) is 14.4. The van der Waals surface area contributed by atoms with Crippen LogP contribution in [0.2, 0.25) is 0 Å². The molecule has 0 saturated heterocycles. The fraction of sp³-hybridized carbons (Fsp3) is 0. The van der Waals surface area contributed by atoms with E-state index >= 15 is 0 Å². The molecule has 13 aromatic rings. The van der Waals surface area contributed by atoms with Crippen LogP contribution in [0.15, 0.2) is 156 Å². The van der Waals surface area contributed by atoms with E-state index < -0.39 is 0 Å². The van der Waals surface area contributed by atoms with E-state index in [2.05, 4.69) is 156 Å². The highest BCUT2D eigenvalue weighted by molar-refractivity contribution is 7.26. The minimum absolute atomic E-state index is 1.28. The number of thiophene rings is 4. The minimum Gasteiger partial charge on any atom is -0.143 e. The minimum atomic E-state index is 1.28. The smallest absolute Gasteiger partial charge is 0.0362 e. The molecule has 4 aromatic heterocycles. The molecule has 0 spiro atoms. The molecule has 0 unspecified atom stereocenters. The van der Waals surface area contributed by atoms with E-state index in [4.69, 9.17) is 0 Å². The summed E-state index contributed by atoms with van der Waals surface area (Å²) in [6.07, 6.45) is 0. The molecule has 0 amide bonds. The van der Waals surface area contributed by atoms with E-state index in [0.29, 0.717) is 0 Å². The Kier molecular flexibility index (Phi) is 6.05. The summed E-state index contributed by atoms with van der Waals surface area (Å²) in [4.78, 5) is 0. The highest BCUT2D eigenvalue weighted by atomic mass is 32.1. The van der Waals surface area contributed by atoms with Crippen LogP contribution in [0.5, 0.6) is 0 Å². The maximum Gasteiger partial charge on any atom is 0.0362 e. The lowest BCUT2D eigenvalue weighted by Gasteiger charge is -2.15. The first-order valence-corrected chi connectivity index (χ1v) is 21.6. The van der Waals surface area contributed by atoms with E-state index in [9.17, 15) is 0 Å². The molecule has 4 heterocycles. The lowest BCUT2D eigenvalue weighted by Crippen LogP contribution is -1.88. The summed E-state index contributed by atoms with van der Waals surface area (Å²) in [6, 6.07) is 55.4. The molecule has 54 heavy (non-hydrogen) atoms. The van der Waals surface area contributed by atoms with E-state index in [1.165, 1.54) is 126 Å². The summed E-state index contributed by atoms with van der Waals surface area (Å²) in [5, 5.41) is 23.2. The molecule has 4 heteroatoms. The highest BCUT2D eigenvalue weighted by Crippen LogP contribution is 2.48. The van der Waals surface area contributed by atoms with Crippen LogP contribution in [0, 0.1) is 0 Å². The van der Waals surface area contributed by atoms with Gasteiger partial charge in [0, 0.05) is 71.6 Å². The average molecular weight is 755 g/mol. The van der Waals surface area contributed by atoms with Gasteiger partial charge in [-0.15, -0.1) is 45.3 Å². The zero-order valence-corrected chi connectivity index (χ0v) is 31.9. The average Bonchev–Trinajstić information content (AvgIpc) is 4.01. The van der Waals surface area contributed by atoms with Crippen LogP contribution in [0.1, 0.15) is 0 Å². The monoisotopic (exact) mass is 754 g/mol. The predicted octanol–water partition coefficient (Wildman–Crippen LogP) is 16.8. The highest BCUT2D eigenvalue weighted by Gasteiger charge is 2.19. The maximum atomic E-state index is 2.49. The van der Waals surface area contributed by atoms with Crippen molar-refractivity contribution in [3.05, 3.63) is 156 Å². The van der Waals surface area contributed by atoms with Gasteiger partial charge in [-0.2, -0.15) is 0 Å². The van der Waals surface area contributed by atoms with Crippen molar-refractivity contribution in [3.63, 3.8) is 0 Å². The quantitative estimate of drug-likeness (QED) is 0.122. The molecule has 0 nitrogen and oxygen atoms in total. The van der Waals surface area contributed by atoms with Crippen molar-refractivity contribution in [1.29, 1.82) is 0 Å². The Morgan fingerprint density at radius 1 is 0.241 bits per heavy atom. The Bertz CT molecular complexity index is 3490. The Balaban J connectivity index is 1.20. The van der Waals surface area contributed by atoms with Crippen LogP contribution in [0.3, 0.4) is 0 Å². The summed E-state index contributed by atoms with van der Waals surface area (Å²) in [5.41, 5.74) is 5.25. The summed E-state index contributed by atoms with van der Waals surface area (Å²) in [7, 11) is 0. The van der Waals surface area contributed by atoms with Crippen molar-refractivity contribution < 1.29 is 0 Å². The van der Waals surface area contributed by atoms with Gasteiger partial charge in [-0.1, -0.05) is 72.8 Å². The topological polar surface area (TPSA) is 0 Å². The molecular formula is C50H26S4. The molecule has 250 valence electrons. The molecule has 13 rings (SSSR count). The zero-order chi connectivity index (χ0) is 35.1. The summed E-state index contributed by atoms with van der Waals surface area (Å²) in [5.74, 6) is 0. The third-order valence-corrected chi connectivity index (χ3v) is 15.8. The van der Waals surface area contributed by atoms with E-state index in [1.54, 1.807) is 0 Å². The Morgan fingerprint density at radius 2 is 0.648 bits per heavy atom. The van der Waals surface area contributed by atoms with Gasteiger partial charge in [0.2, 0.25) is 0 Å². The van der Waals surface area contributed by atoms with Gasteiger partial charge in [-0.25, -0.2) is 0 Å². The standard InChI is InChI=1S/C50H26S4/c1-5-13-45-31(11-1)43(25-51-45)35-19-27-17-34-28(18-33(27)39-23-49-41(21-37(35)39)29-9-3-7-15-47(29)53-49)20-36(44-26-52-46-14-6-2-12-32(44)46)38-22-42-30-10-4-8-16-48(30)54-50(42)24-40(34)38/h1-26H. The van der Waals surface area contributed by atoms with E-state index in [0.717, 1.165) is 0 Å². The fourth-order valence-corrected chi connectivity index (χ4v) is 13.2. The van der Waals surface area contributed by atoms with Crippen LogP contribution in [-0.4, -0.2) is 0 Å². The second kappa shape index (κ2) is 11.0. The first-order chi connectivity index (χ1) is 26.7. The van der Waals surface area contributed by atoms with E-state index in [1.807, 2.05) is 45.3 Å². The SMILES string of the molecule is c1ccc2c(-c3cc4cc5c(cc(-c6csc7ccccc67)c6cc7c(cc65)sc5ccccc57)cc4c4cc5sc6ccccc6c5cc34)csc2c1. The molecule has 0 atom stereocenters. The number of hydrogen-bond donors (Lipinski definition) is 0. The van der Waals surface area contributed by atoms with Gasteiger partial charge in [0.05, 0.1) is 0 Å². The van der Waals surface area contributed by atoms with Crippen molar-refractivity contribution in [2.24, 2.45) is 0 Å². The van der Waals surface area contributed by atoms with E-state index in [-0.39, 0.29) is 0 Å². The predicted molar refractivity (Wildman–Crippen MR) is 244 cm³/mol. The fourth-order valence-electron chi connectivity index (χ4n) is 9.06. The lowest BCUT2D eigenvalue weighted by atomic mass is 9.88. The summed E-state index contributed by atoms with van der Waals surface area (Å²) in [6.45, 7) is 0. The molecular weight excluding hydrogens is 729 g/mol. The van der Waals surface area contributed by atoms with Crippen molar-refractivity contribution in [2.45, 2.75) is 0 Å². The van der Waals surface area contributed by atoms with Crippen molar-refractivity contribution >= 4 is 149 Å². The Labute approximate surface area is 325 Å². The molecule has 0 aliphatic carbocycles. The van der Waals surface area contributed by atoms with Crippen LogP contribution in [0.4, 0.5) is 0 Å². The van der Waals surface area contributed by atoms with Crippen molar-refractivity contribution in [3.8, 4) is 22.3 Å². The third-order valence-electron chi connectivity index (χ3n) is 11.6. The molecule has 0 bridgehead atoms. The first-order valence-electron chi connectivity index (χ1n) is 18.2. The summed E-state index contributed by atoms with van der Waals surface area (Å²) < 4.78 is 8.02. The molecule has 0 fully saturated rings. The maximum absolute atomic E-state index is 2.49.